The van der Waals surface area contributed by atoms with Gasteiger partial charge in [-0.1, -0.05) is 6.92 Å². The monoisotopic (exact) mass is 409 g/mol. The van der Waals surface area contributed by atoms with Gasteiger partial charge in [0.2, 0.25) is 0 Å². The Bertz CT molecular complexity index is 1360. The lowest BCUT2D eigenvalue weighted by Crippen LogP contribution is -2.07. The van der Waals surface area contributed by atoms with Crippen LogP contribution in [-0.4, -0.2) is 28.7 Å². The molecule has 0 atom stereocenters. The predicted octanol–water partition coefficient (Wildman–Crippen LogP) is 3.51. The number of H-pyrrole nitrogens is 1. The van der Waals surface area contributed by atoms with E-state index < -0.39 is 9.84 Å². The number of ether oxygens (including phenoxy) is 1. The van der Waals surface area contributed by atoms with Crippen LogP contribution >= 0.6 is 0 Å². The minimum absolute atomic E-state index is 0.00773. The summed E-state index contributed by atoms with van der Waals surface area (Å²) < 4.78 is 32.7. The van der Waals surface area contributed by atoms with Crippen molar-refractivity contribution in [2.24, 2.45) is 7.05 Å². The Labute approximate surface area is 167 Å². The van der Waals surface area contributed by atoms with Crippen LogP contribution in [0, 0.1) is 0 Å². The number of nitrogens with zero attached hydrogens (tertiary/aromatic N) is 2. The van der Waals surface area contributed by atoms with Crippen molar-refractivity contribution in [2.45, 2.75) is 11.8 Å². The Kier molecular flexibility index (Phi) is 4.71. The number of benzene rings is 1. The van der Waals surface area contributed by atoms with Crippen molar-refractivity contribution in [2.75, 3.05) is 5.75 Å². The molecule has 29 heavy (non-hydrogen) atoms. The first-order valence-corrected chi connectivity index (χ1v) is 10.7. The van der Waals surface area contributed by atoms with Gasteiger partial charge in [-0.15, -0.1) is 0 Å². The van der Waals surface area contributed by atoms with E-state index in [4.69, 9.17) is 4.74 Å². The molecule has 0 aliphatic rings. The smallest absolute Gasteiger partial charge is 0.272 e. The van der Waals surface area contributed by atoms with Crippen molar-refractivity contribution in [3.63, 3.8) is 0 Å². The van der Waals surface area contributed by atoms with E-state index in [0.717, 1.165) is 0 Å². The number of aromatic amines is 1. The predicted molar refractivity (Wildman–Crippen MR) is 111 cm³/mol. The standard InChI is InChI=1S/C21H19N3O4S/c1-3-29(26,27)15-4-5-19(28-14-6-9-22-10-7-14)17(12-15)18-13-24(2)20-16(18)8-11-23-21(20)25/h4-13H,3H2,1-2H3,(H,23,25). The summed E-state index contributed by atoms with van der Waals surface area (Å²) in [4.78, 5) is 19.1. The lowest BCUT2D eigenvalue weighted by atomic mass is 10.0. The quantitative estimate of drug-likeness (QED) is 0.544. The molecule has 0 unspecified atom stereocenters. The third-order valence-electron chi connectivity index (χ3n) is 4.76. The number of hydrogen-bond donors (Lipinski definition) is 1. The third kappa shape index (κ3) is 3.42. The van der Waals surface area contributed by atoms with Crippen molar-refractivity contribution in [1.82, 2.24) is 14.5 Å². The second-order valence-electron chi connectivity index (χ2n) is 6.57. The molecule has 0 amide bonds. The number of nitrogens with one attached hydrogen (secondary N) is 1. The molecular weight excluding hydrogens is 390 g/mol. The third-order valence-corrected chi connectivity index (χ3v) is 6.49. The molecule has 0 aliphatic carbocycles. The molecule has 0 radical (unpaired) electrons. The first kappa shape index (κ1) is 18.9. The SMILES string of the molecule is CCS(=O)(=O)c1ccc(Oc2ccncc2)c(-c2cn(C)c3c(=O)[nH]ccc23)c1. The first-order chi connectivity index (χ1) is 13.9. The number of pyridine rings is 2. The Hall–Kier alpha value is -3.39. The fourth-order valence-corrected chi connectivity index (χ4v) is 4.19. The van der Waals surface area contributed by atoms with Crippen LogP contribution in [0.3, 0.4) is 0 Å². The molecule has 0 fully saturated rings. The minimum atomic E-state index is -3.41. The molecular formula is C21H19N3O4S. The van der Waals surface area contributed by atoms with Crippen molar-refractivity contribution >= 4 is 20.7 Å². The summed E-state index contributed by atoms with van der Waals surface area (Å²) in [6, 6.07) is 10.0. The maximum Gasteiger partial charge on any atom is 0.272 e. The van der Waals surface area contributed by atoms with E-state index in [1.54, 1.807) is 73.7 Å². The number of fused-ring (bicyclic) bond motifs is 1. The first-order valence-electron chi connectivity index (χ1n) is 9.02. The van der Waals surface area contributed by atoms with Gasteiger partial charge in [0.05, 0.1) is 10.6 Å². The van der Waals surface area contributed by atoms with E-state index in [2.05, 4.69) is 9.97 Å². The molecule has 0 bridgehead atoms. The van der Waals surface area contributed by atoms with Gasteiger partial charge in [-0.2, -0.15) is 0 Å². The number of aromatic nitrogens is 3. The molecule has 4 aromatic rings. The van der Waals surface area contributed by atoms with Crippen LogP contribution in [0.1, 0.15) is 6.92 Å². The second kappa shape index (κ2) is 7.21. The average molecular weight is 409 g/mol. The lowest BCUT2D eigenvalue weighted by molar-refractivity contribution is 0.483. The Morgan fingerprint density at radius 3 is 2.59 bits per heavy atom. The summed E-state index contributed by atoms with van der Waals surface area (Å²) in [6.07, 6.45) is 6.60. The van der Waals surface area contributed by atoms with Gasteiger partial charge in [-0.25, -0.2) is 8.42 Å². The summed E-state index contributed by atoms with van der Waals surface area (Å²) in [7, 11) is -1.64. The molecule has 7 nitrogen and oxygen atoms in total. The van der Waals surface area contributed by atoms with E-state index in [0.29, 0.717) is 33.5 Å². The molecule has 0 saturated carbocycles. The maximum atomic E-state index is 12.5. The minimum Gasteiger partial charge on any atom is -0.457 e. The zero-order chi connectivity index (χ0) is 20.6. The molecule has 8 heteroatoms. The summed E-state index contributed by atoms with van der Waals surface area (Å²) in [5.41, 5.74) is 1.59. The Morgan fingerprint density at radius 1 is 1.10 bits per heavy atom. The normalized spacial score (nSPS) is 11.7. The molecule has 3 aromatic heterocycles. The van der Waals surface area contributed by atoms with Crippen molar-refractivity contribution in [3.05, 3.63) is 71.5 Å². The van der Waals surface area contributed by atoms with Crippen LogP contribution in [0.5, 0.6) is 11.5 Å². The highest BCUT2D eigenvalue weighted by molar-refractivity contribution is 7.91. The van der Waals surface area contributed by atoms with E-state index in [9.17, 15) is 13.2 Å². The topological polar surface area (TPSA) is 94.1 Å². The number of aryl methyl sites for hydroxylation is 1. The lowest BCUT2D eigenvalue weighted by Gasteiger charge is -2.13. The van der Waals surface area contributed by atoms with Gasteiger partial charge < -0.3 is 14.3 Å². The van der Waals surface area contributed by atoms with E-state index in [1.807, 2.05) is 0 Å². The Balaban J connectivity index is 1.98. The second-order valence-corrected chi connectivity index (χ2v) is 8.85. The molecule has 3 heterocycles. The van der Waals surface area contributed by atoms with Gasteiger partial charge in [0.25, 0.3) is 5.56 Å². The maximum absolute atomic E-state index is 12.5. The molecule has 1 N–H and O–H groups in total. The summed E-state index contributed by atoms with van der Waals surface area (Å²) in [6.45, 7) is 1.61. The van der Waals surface area contributed by atoms with Crippen LogP contribution in [-0.2, 0) is 16.9 Å². The summed E-state index contributed by atoms with van der Waals surface area (Å²) in [5.74, 6) is 1.05. The highest BCUT2D eigenvalue weighted by atomic mass is 32.2. The molecule has 148 valence electrons. The zero-order valence-electron chi connectivity index (χ0n) is 15.9. The van der Waals surface area contributed by atoms with Crippen molar-refractivity contribution in [1.29, 1.82) is 0 Å². The number of sulfone groups is 1. The number of hydrogen-bond acceptors (Lipinski definition) is 5. The molecule has 0 spiro atoms. The number of rotatable bonds is 5. The zero-order valence-corrected chi connectivity index (χ0v) is 16.7. The molecule has 0 saturated heterocycles. The van der Waals surface area contributed by atoms with Crippen LogP contribution in [0.25, 0.3) is 22.0 Å². The summed E-state index contributed by atoms with van der Waals surface area (Å²) in [5, 5.41) is 0.710. The van der Waals surface area contributed by atoms with Gasteiger partial charge in [-0.05, 0) is 36.4 Å². The van der Waals surface area contributed by atoms with Crippen molar-refractivity contribution < 1.29 is 13.2 Å². The van der Waals surface area contributed by atoms with E-state index in [-0.39, 0.29) is 16.2 Å². The van der Waals surface area contributed by atoms with E-state index in [1.165, 1.54) is 6.07 Å². The van der Waals surface area contributed by atoms with Crippen LogP contribution in [0.2, 0.25) is 0 Å². The van der Waals surface area contributed by atoms with Gasteiger partial charge in [0.1, 0.15) is 17.0 Å². The fraction of sp³-hybridized carbons (Fsp3) is 0.143. The van der Waals surface area contributed by atoms with Gasteiger partial charge in [-0.3, -0.25) is 9.78 Å². The largest absolute Gasteiger partial charge is 0.457 e. The van der Waals surface area contributed by atoms with Gasteiger partial charge >= 0.3 is 0 Å². The van der Waals surface area contributed by atoms with Crippen LogP contribution in [0.4, 0.5) is 0 Å². The van der Waals surface area contributed by atoms with Crippen molar-refractivity contribution in [3.8, 4) is 22.6 Å². The highest BCUT2D eigenvalue weighted by Gasteiger charge is 2.20. The highest BCUT2D eigenvalue weighted by Crippen LogP contribution is 2.38. The van der Waals surface area contributed by atoms with E-state index >= 15 is 0 Å². The fourth-order valence-electron chi connectivity index (χ4n) is 3.28. The van der Waals surface area contributed by atoms with Crippen LogP contribution in [0.15, 0.2) is 70.9 Å². The molecule has 1 aromatic carbocycles. The average Bonchev–Trinajstić information content (AvgIpc) is 3.06. The summed E-state index contributed by atoms with van der Waals surface area (Å²) >= 11 is 0. The Morgan fingerprint density at radius 2 is 1.86 bits per heavy atom. The van der Waals surface area contributed by atoms with Gasteiger partial charge in [0.15, 0.2) is 9.84 Å². The van der Waals surface area contributed by atoms with Crippen LogP contribution < -0.4 is 10.3 Å². The molecule has 4 rings (SSSR count). The van der Waals surface area contributed by atoms with Gasteiger partial charge in [0, 0.05) is 48.3 Å². The molecule has 0 aliphatic heterocycles.